The van der Waals surface area contributed by atoms with E-state index in [2.05, 4.69) is 21.9 Å². The van der Waals surface area contributed by atoms with Gasteiger partial charge in [-0.15, -0.1) is 0 Å². The molecule has 4 rings (SSSR count). The van der Waals surface area contributed by atoms with E-state index in [1.165, 1.54) is 6.33 Å². The summed E-state index contributed by atoms with van der Waals surface area (Å²) < 4.78 is 19.9. The van der Waals surface area contributed by atoms with Crippen LogP contribution in [0.3, 0.4) is 0 Å². The number of aromatic amines is 1. The summed E-state index contributed by atoms with van der Waals surface area (Å²) in [7, 11) is 0. The predicted octanol–water partition coefficient (Wildman–Crippen LogP) is -0.0641. The number of anilines is 1. The highest BCUT2D eigenvalue weighted by atomic mass is 16.7. The molecular weight excluding hydrogens is 342 g/mol. The molecule has 2 bridgehead atoms. The maximum atomic E-state index is 12.0. The molecule has 10 heteroatoms. The molecule has 0 amide bonds. The first-order valence-electron chi connectivity index (χ1n) is 8.72. The van der Waals surface area contributed by atoms with Crippen molar-refractivity contribution in [3.05, 3.63) is 16.7 Å². The first-order valence-corrected chi connectivity index (χ1v) is 8.72. The fourth-order valence-corrected chi connectivity index (χ4v) is 3.86. The standard InChI is InChI=1S/C16H23N5O5/c1-3-4-5-24-12-15(2)13(26-16(12,6-22)7-25-15)21-8-18-9-10(21)19-14(17)20-11(9)23/h8,12-13,22H,3-7H2,1-2H3,(H3,17,19,20,23)/t12-,13+,15+,16-/m0/s1. The van der Waals surface area contributed by atoms with Gasteiger partial charge in [0, 0.05) is 6.61 Å². The van der Waals surface area contributed by atoms with Gasteiger partial charge < -0.3 is 25.1 Å². The Labute approximate surface area is 149 Å². The van der Waals surface area contributed by atoms with Gasteiger partial charge in [-0.3, -0.25) is 14.3 Å². The number of aromatic nitrogens is 4. The Balaban J connectivity index is 1.76. The molecule has 0 aliphatic carbocycles. The quantitative estimate of drug-likeness (QED) is 0.605. The lowest BCUT2D eigenvalue weighted by Crippen LogP contribution is -2.47. The summed E-state index contributed by atoms with van der Waals surface area (Å²) in [6.07, 6.45) is 2.27. The number of hydrogen-bond acceptors (Lipinski definition) is 8. The number of fused-ring (bicyclic) bond motifs is 3. The average molecular weight is 365 g/mol. The van der Waals surface area contributed by atoms with Crippen LogP contribution in [-0.4, -0.2) is 61.8 Å². The number of unbranched alkanes of at least 4 members (excludes halogenated alkanes) is 1. The minimum atomic E-state index is -0.962. The van der Waals surface area contributed by atoms with Gasteiger partial charge in [0.2, 0.25) is 5.95 Å². The van der Waals surface area contributed by atoms with Gasteiger partial charge in [-0.1, -0.05) is 13.3 Å². The fourth-order valence-electron chi connectivity index (χ4n) is 3.86. The van der Waals surface area contributed by atoms with E-state index in [4.69, 9.17) is 19.9 Å². The monoisotopic (exact) mass is 365 g/mol. The number of ether oxygens (including phenoxy) is 3. The van der Waals surface area contributed by atoms with Gasteiger partial charge in [-0.05, 0) is 13.3 Å². The number of H-pyrrole nitrogens is 1. The van der Waals surface area contributed by atoms with Gasteiger partial charge in [-0.2, -0.15) is 4.98 Å². The van der Waals surface area contributed by atoms with Gasteiger partial charge >= 0.3 is 0 Å². The van der Waals surface area contributed by atoms with Gasteiger partial charge in [0.05, 0.1) is 19.5 Å². The second-order valence-corrected chi connectivity index (χ2v) is 7.05. The van der Waals surface area contributed by atoms with Gasteiger partial charge in [0.25, 0.3) is 5.56 Å². The average Bonchev–Trinajstić information content (AvgIpc) is 3.22. The van der Waals surface area contributed by atoms with Crippen LogP contribution in [0.5, 0.6) is 0 Å². The Morgan fingerprint density at radius 2 is 2.38 bits per heavy atom. The zero-order valence-corrected chi connectivity index (χ0v) is 14.8. The number of nitrogen functional groups attached to an aromatic ring is 1. The molecule has 0 radical (unpaired) electrons. The molecule has 4 atom stereocenters. The third kappa shape index (κ3) is 2.29. The summed E-state index contributed by atoms with van der Waals surface area (Å²) in [4.78, 5) is 22.8. The number of hydrogen-bond donors (Lipinski definition) is 3. The van der Waals surface area contributed by atoms with Crippen LogP contribution in [0.25, 0.3) is 11.2 Å². The number of aliphatic hydroxyl groups is 1. The number of nitrogens with zero attached hydrogens (tertiary/aromatic N) is 3. The van der Waals surface area contributed by atoms with Crippen LogP contribution in [0.1, 0.15) is 32.9 Å². The smallest absolute Gasteiger partial charge is 0.280 e. The summed E-state index contributed by atoms with van der Waals surface area (Å²) in [6, 6.07) is 0. The zero-order chi connectivity index (χ0) is 18.5. The third-order valence-corrected chi connectivity index (χ3v) is 5.22. The highest BCUT2D eigenvalue weighted by Crippen LogP contribution is 2.54. The maximum absolute atomic E-state index is 12.0. The zero-order valence-electron chi connectivity index (χ0n) is 14.8. The number of nitrogens with one attached hydrogen (secondary N) is 1. The van der Waals surface area contributed by atoms with E-state index in [1.54, 1.807) is 4.57 Å². The predicted molar refractivity (Wildman–Crippen MR) is 91.5 cm³/mol. The second kappa shape index (κ2) is 6.02. The Morgan fingerprint density at radius 3 is 3.12 bits per heavy atom. The van der Waals surface area contributed by atoms with E-state index in [-0.39, 0.29) is 24.7 Å². The van der Waals surface area contributed by atoms with E-state index in [9.17, 15) is 9.90 Å². The highest BCUT2D eigenvalue weighted by Gasteiger charge is 2.69. The van der Waals surface area contributed by atoms with E-state index < -0.39 is 29.1 Å². The second-order valence-electron chi connectivity index (χ2n) is 7.05. The minimum Gasteiger partial charge on any atom is -0.393 e. The summed E-state index contributed by atoms with van der Waals surface area (Å²) in [5.74, 6) is -0.00825. The molecule has 2 fully saturated rings. The molecule has 4 heterocycles. The number of aliphatic hydroxyl groups excluding tert-OH is 1. The molecule has 0 aromatic carbocycles. The maximum Gasteiger partial charge on any atom is 0.280 e. The van der Waals surface area contributed by atoms with E-state index in [1.807, 2.05) is 6.92 Å². The first-order chi connectivity index (χ1) is 12.4. The van der Waals surface area contributed by atoms with Crippen LogP contribution in [-0.2, 0) is 14.2 Å². The number of nitrogens with two attached hydrogens (primary N) is 1. The van der Waals surface area contributed by atoms with Crippen LogP contribution in [0.2, 0.25) is 0 Å². The van der Waals surface area contributed by atoms with Crippen LogP contribution < -0.4 is 11.3 Å². The van der Waals surface area contributed by atoms with Crippen LogP contribution in [0.15, 0.2) is 11.1 Å². The lowest BCUT2D eigenvalue weighted by Gasteiger charge is -2.33. The van der Waals surface area contributed by atoms with E-state index in [0.29, 0.717) is 12.3 Å². The lowest BCUT2D eigenvalue weighted by atomic mass is 9.91. The number of rotatable bonds is 6. The molecule has 2 saturated heterocycles. The van der Waals surface area contributed by atoms with Crippen molar-refractivity contribution in [1.29, 1.82) is 0 Å². The molecule has 0 saturated carbocycles. The summed E-state index contributed by atoms with van der Waals surface area (Å²) in [5.41, 5.74) is 3.90. The largest absolute Gasteiger partial charge is 0.393 e. The van der Waals surface area contributed by atoms with Gasteiger partial charge in [-0.25, -0.2) is 4.98 Å². The summed E-state index contributed by atoms with van der Waals surface area (Å²) in [5, 5.41) is 10.0. The molecule has 142 valence electrons. The molecule has 10 nitrogen and oxygen atoms in total. The van der Waals surface area contributed by atoms with Crippen molar-refractivity contribution in [2.45, 2.75) is 50.2 Å². The van der Waals surface area contributed by atoms with Gasteiger partial charge in [0.1, 0.15) is 17.3 Å². The van der Waals surface area contributed by atoms with Crippen molar-refractivity contribution in [3.8, 4) is 0 Å². The third-order valence-electron chi connectivity index (χ3n) is 5.22. The highest BCUT2D eigenvalue weighted by molar-refractivity contribution is 5.70. The topological polar surface area (TPSA) is 138 Å². The van der Waals surface area contributed by atoms with Gasteiger partial charge in [0.15, 0.2) is 17.4 Å². The van der Waals surface area contributed by atoms with Crippen LogP contribution >= 0.6 is 0 Å². The SMILES string of the molecule is CCCCO[C@@H]1[C@]2(CO)CO[C@@]1(C)[C@H](n1cnc3c(=O)[nH]c(N)nc31)O2. The molecule has 2 aromatic heterocycles. The summed E-state index contributed by atoms with van der Waals surface area (Å²) in [6.45, 7) is 4.50. The lowest BCUT2D eigenvalue weighted by molar-refractivity contribution is -0.211. The Kier molecular flexibility index (Phi) is 4.03. The van der Waals surface area contributed by atoms with Crippen molar-refractivity contribution >= 4 is 17.1 Å². The molecule has 2 aliphatic heterocycles. The normalized spacial score (nSPS) is 33.3. The van der Waals surface area contributed by atoms with Crippen molar-refractivity contribution < 1.29 is 19.3 Å². The van der Waals surface area contributed by atoms with Crippen LogP contribution in [0, 0.1) is 0 Å². The molecule has 4 N–H and O–H groups in total. The molecule has 0 spiro atoms. The van der Waals surface area contributed by atoms with Crippen molar-refractivity contribution in [2.75, 3.05) is 25.6 Å². The number of imidazole rings is 1. The Morgan fingerprint density at radius 1 is 1.58 bits per heavy atom. The molecule has 2 aromatic rings. The van der Waals surface area contributed by atoms with Crippen molar-refractivity contribution in [2.24, 2.45) is 0 Å². The first kappa shape index (κ1) is 17.4. The minimum absolute atomic E-state index is 0.00825. The van der Waals surface area contributed by atoms with Crippen LogP contribution in [0.4, 0.5) is 5.95 Å². The summed E-state index contributed by atoms with van der Waals surface area (Å²) >= 11 is 0. The molecular formula is C16H23N5O5. The van der Waals surface area contributed by atoms with Crippen molar-refractivity contribution in [1.82, 2.24) is 19.5 Å². The Bertz CT molecular complexity index is 882. The molecule has 26 heavy (non-hydrogen) atoms. The molecule has 2 aliphatic rings. The van der Waals surface area contributed by atoms with E-state index in [0.717, 1.165) is 12.8 Å². The Hall–Kier alpha value is -2.01. The fraction of sp³-hybridized carbons (Fsp3) is 0.688. The molecule has 0 unspecified atom stereocenters. The van der Waals surface area contributed by atoms with Crippen molar-refractivity contribution in [3.63, 3.8) is 0 Å². The van der Waals surface area contributed by atoms with E-state index >= 15 is 0 Å².